The maximum absolute atomic E-state index is 12.4. The predicted octanol–water partition coefficient (Wildman–Crippen LogP) is 1.91. The fourth-order valence-electron chi connectivity index (χ4n) is 2.80. The molecule has 1 aliphatic rings. The molecule has 0 bridgehead atoms. The molecule has 5 nitrogen and oxygen atoms in total. The smallest absolute Gasteiger partial charge is 0.253 e. The highest BCUT2D eigenvalue weighted by Crippen LogP contribution is 2.38. The van der Waals surface area contributed by atoms with Gasteiger partial charge in [-0.1, -0.05) is 30.3 Å². The van der Waals surface area contributed by atoms with Crippen LogP contribution in [0.1, 0.15) is 34.8 Å². The fraction of sp³-hybridized carbons (Fsp3) is 0.294. The minimum Gasteiger partial charge on any atom is -0.393 e. The number of nitrogen functional groups attached to an aromatic ring is 1. The number of carbonyl (C=O) groups is 1. The van der Waals surface area contributed by atoms with Crippen molar-refractivity contribution in [3.63, 3.8) is 0 Å². The van der Waals surface area contributed by atoms with Gasteiger partial charge in [-0.2, -0.15) is 0 Å². The molecule has 1 heterocycles. The van der Waals surface area contributed by atoms with Crippen LogP contribution in [0.3, 0.4) is 0 Å². The molecule has 1 aromatic carbocycles. The number of carbonyl (C=O) groups excluding carboxylic acids is 1. The van der Waals surface area contributed by atoms with Crippen LogP contribution in [0.15, 0.2) is 48.7 Å². The summed E-state index contributed by atoms with van der Waals surface area (Å²) >= 11 is 0. The van der Waals surface area contributed by atoms with E-state index in [2.05, 4.69) is 10.3 Å². The molecule has 1 fully saturated rings. The van der Waals surface area contributed by atoms with Crippen molar-refractivity contribution in [1.82, 2.24) is 10.3 Å². The van der Waals surface area contributed by atoms with E-state index in [1.807, 2.05) is 30.3 Å². The van der Waals surface area contributed by atoms with Gasteiger partial charge in [0.15, 0.2) is 0 Å². The van der Waals surface area contributed by atoms with E-state index in [0.717, 1.165) is 5.56 Å². The average Bonchev–Trinajstić information content (AvgIpc) is 2.51. The molecular formula is C17H19N3O2. The Morgan fingerprint density at radius 3 is 2.55 bits per heavy atom. The lowest BCUT2D eigenvalue weighted by molar-refractivity contribution is 0.0235. The first-order valence-electron chi connectivity index (χ1n) is 7.39. The van der Waals surface area contributed by atoms with Crippen LogP contribution < -0.4 is 11.1 Å². The predicted molar refractivity (Wildman–Crippen MR) is 84.0 cm³/mol. The number of hydrogen-bond donors (Lipinski definition) is 3. The molecule has 114 valence electrons. The molecule has 1 saturated carbocycles. The van der Waals surface area contributed by atoms with E-state index in [4.69, 9.17) is 5.73 Å². The summed E-state index contributed by atoms with van der Waals surface area (Å²) < 4.78 is 0. The van der Waals surface area contributed by atoms with Gasteiger partial charge in [0.1, 0.15) is 5.82 Å². The van der Waals surface area contributed by atoms with Crippen LogP contribution >= 0.6 is 0 Å². The molecule has 0 aliphatic heterocycles. The van der Waals surface area contributed by atoms with E-state index in [1.54, 1.807) is 12.1 Å². The van der Waals surface area contributed by atoms with Gasteiger partial charge in [0.2, 0.25) is 0 Å². The fourth-order valence-corrected chi connectivity index (χ4v) is 2.80. The Bertz CT molecular complexity index is 637. The van der Waals surface area contributed by atoms with E-state index in [9.17, 15) is 9.90 Å². The number of nitrogens with one attached hydrogen (secondary N) is 1. The van der Waals surface area contributed by atoms with Crippen LogP contribution in [0.5, 0.6) is 0 Å². The molecule has 22 heavy (non-hydrogen) atoms. The van der Waals surface area contributed by atoms with Crippen LogP contribution in [0.2, 0.25) is 0 Å². The van der Waals surface area contributed by atoms with Gasteiger partial charge in [-0.25, -0.2) is 4.98 Å². The van der Waals surface area contributed by atoms with Gasteiger partial charge >= 0.3 is 0 Å². The number of hydrogen-bond acceptors (Lipinski definition) is 4. The Kier molecular flexibility index (Phi) is 4.06. The molecule has 0 saturated heterocycles. The van der Waals surface area contributed by atoms with Crippen molar-refractivity contribution in [3.8, 4) is 0 Å². The van der Waals surface area contributed by atoms with E-state index in [1.165, 1.54) is 6.20 Å². The van der Waals surface area contributed by atoms with Gasteiger partial charge in [0.05, 0.1) is 17.7 Å². The van der Waals surface area contributed by atoms with E-state index < -0.39 is 0 Å². The van der Waals surface area contributed by atoms with Crippen LogP contribution in [-0.2, 0) is 0 Å². The van der Waals surface area contributed by atoms with Gasteiger partial charge in [0.25, 0.3) is 5.91 Å². The highest BCUT2D eigenvalue weighted by atomic mass is 16.3. The molecule has 1 atom stereocenters. The number of pyridine rings is 1. The molecule has 0 unspecified atom stereocenters. The van der Waals surface area contributed by atoms with Crippen LogP contribution in [0.25, 0.3) is 0 Å². The van der Waals surface area contributed by atoms with Crippen LogP contribution in [0, 0.1) is 5.92 Å². The maximum atomic E-state index is 12.4. The molecule has 5 heteroatoms. The van der Waals surface area contributed by atoms with Gasteiger partial charge in [-0.3, -0.25) is 4.79 Å². The van der Waals surface area contributed by atoms with E-state index >= 15 is 0 Å². The SMILES string of the molecule is Nc1ccc(C(=O)N[C@@H](c2ccccc2)C2CC(O)C2)cn1. The first-order chi connectivity index (χ1) is 10.6. The van der Waals surface area contributed by atoms with Gasteiger partial charge in [0, 0.05) is 6.20 Å². The minimum absolute atomic E-state index is 0.102. The summed E-state index contributed by atoms with van der Waals surface area (Å²) in [5, 5.41) is 12.6. The van der Waals surface area contributed by atoms with Gasteiger partial charge in [-0.15, -0.1) is 0 Å². The number of aliphatic hydroxyl groups excluding tert-OH is 1. The second-order valence-corrected chi connectivity index (χ2v) is 5.72. The van der Waals surface area contributed by atoms with Crippen molar-refractivity contribution in [2.24, 2.45) is 5.92 Å². The van der Waals surface area contributed by atoms with Gasteiger partial charge in [-0.05, 0) is 36.5 Å². The third kappa shape index (κ3) is 3.09. The van der Waals surface area contributed by atoms with Crippen molar-refractivity contribution >= 4 is 11.7 Å². The molecule has 1 aliphatic carbocycles. The topological polar surface area (TPSA) is 88.2 Å². The number of rotatable bonds is 4. The highest BCUT2D eigenvalue weighted by Gasteiger charge is 2.35. The lowest BCUT2D eigenvalue weighted by Gasteiger charge is -2.38. The molecule has 0 radical (unpaired) electrons. The zero-order chi connectivity index (χ0) is 15.5. The molecule has 1 amide bonds. The molecule has 3 rings (SSSR count). The number of aromatic nitrogens is 1. The quantitative estimate of drug-likeness (QED) is 0.804. The first-order valence-corrected chi connectivity index (χ1v) is 7.39. The number of nitrogens with two attached hydrogens (primary N) is 1. The Morgan fingerprint density at radius 1 is 1.23 bits per heavy atom. The van der Waals surface area contributed by atoms with Gasteiger partial charge < -0.3 is 16.2 Å². The molecule has 1 aromatic heterocycles. The number of aliphatic hydroxyl groups is 1. The molecule has 4 N–H and O–H groups in total. The molecular weight excluding hydrogens is 278 g/mol. The summed E-state index contributed by atoms with van der Waals surface area (Å²) in [6.07, 6.45) is 2.63. The van der Waals surface area contributed by atoms with Crippen molar-refractivity contribution < 1.29 is 9.90 Å². The Morgan fingerprint density at radius 2 is 1.95 bits per heavy atom. The standard InChI is InChI=1S/C17H19N3O2/c18-15-7-6-12(10-19-15)17(22)20-16(13-8-14(21)9-13)11-4-2-1-3-5-11/h1-7,10,13-14,16,21H,8-9H2,(H2,18,19)(H,20,22)/t13?,14?,16-/m0/s1. The second kappa shape index (κ2) is 6.15. The Balaban J connectivity index is 1.78. The van der Waals surface area contributed by atoms with Crippen molar-refractivity contribution in [1.29, 1.82) is 0 Å². The molecule has 0 spiro atoms. The minimum atomic E-state index is -0.258. The summed E-state index contributed by atoms with van der Waals surface area (Å²) in [6.45, 7) is 0. The number of nitrogens with zero attached hydrogens (tertiary/aromatic N) is 1. The normalized spacial score (nSPS) is 21.7. The van der Waals surface area contributed by atoms with Crippen LogP contribution in [-0.4, -0.2) is 22.1 Å². The summed E-state index contributed by atoms with van der Waals surface area (Å²) in [7, 11) is 0. The van der Waals surface area contributed by atoms with Crippen molar-refractivity contribution in [2.45, 2.75) is 25.0 Å². The molecule has 2 aromatic rings. The largest absolute Gasteiger partial charge is 0.393 e. The first kappa shape index (κ1) is 14.5. The maximum Gasteiger partial charge on any atom is 0.253 e. The third-order valence-electron chi connectivity index (χ3n) is 4.11. The number of anilines is 1. The van der Waals surface area contributed by atoms with Crippen molar-refractivity contribution in [2.75, 3.05) is 5.73 Å². The third-order valence-corrected chi connectivity index (χ3v) is 4.11. The number of amides is 1. The van der Waals surface area contributed by atoms with E-state index in [-0.39, 0.29) is 24.0 Å². The zero-order valence-electron chi connectivity index (χ0n) is 12.1. The summed E-state index contributed by atoms with van der Waals surface area (Å²) in [4.78, 5) is 16.4. The average molecular weight is 297 g/mol. The summed E-state index contributed by atoms with van der Waals surface area (Å²) in [5.41, 5.74) is 7.08. The Labute approximate surface area is 129 Å². The summed E-state index contributed by atoms with van der Waals surface area (Å²) in [5.74, 6) is 0.462. The van der Waals surface area contributed by atoms with Crippen molar-refractivity contribution in [3.05, 3.63) is 59.8 Å². The van der Waals surface area contributed by atoms with Crippen LogP contribution in [0.4, 0.5) is 5.82 Å². The lowest BCUT2D eigenvalue weighted by atomic mass is 9.75. The highest BCUT2D eigenvalue weighted by molar-refractivity contribution is 5.94. The summed E-state index contributed by atoms with van der Waals surface area (Å²) in [6, 6.07) is 13.0. The monoisotopic (exact) mass is 297 g/mol. The Hall–Kier alpha value is -2.40. The van der Waals surface area contributed by atoms with E-state index in [0.29, 0.717) is 24.2 Å². The lowest BCUT2D eigenvalue weighted by Crippen LogP contribution is -2.41. The second-order valence-electron chi connectivity index (χ2n) is 5.72. The zero-order valence-corrected chi connectivity index (χ0v) is 12.1. The number of benzene rings is 1.